The number of phosphoric acid groups is 2. The number of rotatable bonds is 75. The Morgan fingerprint density at radius 1 is 0.279 bits per heavy atom. The van der Waals surface area contributed by atoms with Gasteiger partial charge in [0.15, 0.2) is 12.2 Å². The minimum absolute atomic E-state index is 0.0321. The van der Waals surface area contributed by atoms with Gasteiger partial charge in [-0.25, -0.2) is 9.13 Å². The van der Waals surface area contributed by atoms with Crippen LogP contribution in [0.2, 0.25) is 0 Å². The van der Waals surface area contributed by atoms with Crippen LogP contribution < -0.4 is 0 Å². The first-order chi connectivity index (χ1) is 50.7. The smallest absolute Gasteiger partial charge is 0.462 e. The van der Waals surface area contributed by atoms with Gasteiger partial charge in [0.2, 0.25) is 0 Å². The lowest BCUT2D eigenvalue weighted by molar-refractivity contribution is -0.161. The first-order valence-electron chi connectivity index (χ1n) is 40.4. The molecule has 0 aromatic carbocycles. The third-order valence-corrected chi connectivity index (χ3v) is 18.5. The van der Waals surface area contributed by atoms with Crippen molar-refractivity contribution in [3.05, 3.63) is 134 Å². The molecule has 0 aromatic rings. The number of hydrogen-bond acceptors (Lipinski definition) is 15. The minimum atomic E-state index is -5.00. The topological polar surface area (TPSA) is 237 Å². The van der Waals surface area contributed by atoms with Crippen molar-refractivity contribution < 1.29 is 80.2 Å². The van der Waals surface area contributed by atoms with E-state index in [-0.39, 0.29) is 25.7 Å². The zero-order valence-corrected chi connectivity index (χ0v) is 66.9. The summed E-state index contributed by atoms with van der Waals surface area (Å²) in [5.74, 6) is -2.30. The lowest BCUT2D eigenvalue weighted by Gasteiger charge is -2.21. The van der Waals surface area contributed by atoms with Crippen LogP contribution >= 0.6 is 15.6 Å². The molecule has 104 heavy (non-hydrogen) atoms. The molecule has 0 saturated heterocycles. The lowest BCUT2D eigenvalue weighted by Crippen LogP contribution is -2.30. The van der Waals surface area contributed by atoms with Crippen LogP contribution in [-0.4, -0.2) is 96.7 Å². The Morgan fingerprint density at radius 2 is 0.529 bits per heavy atom. The Morgan fingerprint density at radius 3 is 0.885 bits per heavy atom. The van der Waals surface area contributed by atoms with Crippen molar-refractivity contribution in [3.63, 3.8) is 0 Å². The third kappa shape index (κ3) is 75.4. The number of allylic oxidation sites excluding steroid dienone is 22. The summed E-state index contributed by atoms with van der Waals surface area (Å²) in [6, 6.07) is 0. The van der Waals surface area contributed by atoms with E-state index >= 15 is 0 Å². The van der Waals surface area contributed by atoms with E-state index in [4.69, 9.17) is 37.0 Å². The van der Waals surface area contributed by atoms with Crippen molar-refractivity contribution in [2.75, 3.05) is 39.6 Å². The molecule has 5 atom stereocenters. The van der Waals surface area contributed by atoms with Crippen molar-refractivity contribution >= 4 is 39.5 Å². The molecule has 596 valence electrons. The molecular weight excluding hydrogens is 1350 g/mol. The van der Waals surface area contributed by atoms with Crippen LogP contribution in [0.15, 0.2) is 134 Å². The molecule has 19 heteroatoms. The molecular formula is C85H144O17P2. The second kappa shape index (κ2) is 76.4. The van der Waals surface area contributed by atoms with Gasteiger partial charge >= 0.3 is 39.5 Å². The summed E-state index contributed by atoms with van der Waals surface area (Å²) < 4.78 is 68.5. The van der Waals surface area contributed by atoms with E-state index in [0.717, 1.165) is 167 Å². The van der Waals surface area contributed by atoms with Crippen LogP contribution in [0.1, 0.15) is 323 Å². The Hall–Kier alpha value is -4.80. The quantitative estimate of drug-likeness (QED) is 0.0169. The summed E-state index contributed by atoms with van der Waals surface area (Å²) in [6.45, 7) is 4.58. The third-order valence-electron chi connectivity index (χ3n) is 16.6. The average molecular weight is 1500 g/mol. The van der Waals surface area contributed by atoms with Crippen molar-refractivity contribution in [1.29, 1.82) is 0 Å². The molecule has 5 unspecified atom stereocenters. The summed E-state index contributed by atoms with van der Waals surface area (Å²) in [5, 5.41) is 10.6. The van der Waals surface area contributed by atoms with Gasteiger partial charge in [-0.2, -0.15) is 0 Å². The Kier molecular flexibility index (Phi) is 72.9. The van der Waals surface area contributed by atoms with Gasteiger partial charge in [0, 0.05) is 25.7 Å². The molecule has 0 aliphatic heterocycles. The fourth-order valence-corrected chi connectivity index (χ4v) is 12.0. The molecule has 0 heterocycles. The van der Waals surface area contributed by atoms with E-state index in [9.17, 15) is 43.2 Å². The number of esters is 4. The predicted molar refractivity (Wildman–Crippen MR) is 427 cm³/mol. The summed E-state index contributed by atoms with van der Waals surface area (Å²) in [7, 11) is -9.99. The number of phosphoric ester groups is 2. The van der Waals surface area contributed by atoms with Gasteiger partial charge in [-0.1, -0.05) is 283 Å². The van der Waals surface area contributed by atoms with E-state index in [1.165, 1.54) is 70.6 Å². The van der Waals surface area contributed by atoms with E-state index in [0.29, 0.717) is 32.1 Å². The standard InChI is InChI=1S/C85H144O17P2/c1-5-9-13-17-21-25-29-32-35-37-39-41-44-46-50-53-57-61-65-69-82(87)95-75-80(101-84(89)71-67-63-59-55-49-28-24-20-16-12-8-4)77-99-103(91,92)97-73-79(86)74-98-104(93,94)100-78-81(102-85(90)72-68-64-60-56-52-48-43-34-31-27-23-19-15-11-7-3)76-96-83(88)70-66-62-58-54-51-47-45-42-40-38-36-33-30-26-22-18-14-10-6-2/h10,14,20-22,24-26,32-36,39-43,47,51,58,62,79-81,86H,5-9,11-13,15-19,23,27-31,37-38,44-46,48-50,52-57,59-61,63-78H2,1-4H3,(H,91,92)(H,93,94)/b14-10-,24-20-,25-21-,26-22-,35-32-,36-33-,41-39-,42-40-,43-34-,51-47-,62-58-. The first-order valence-corrected chi connectivity index (χ1v) is 43.4. The summed E-state index contributed by atoms with van der Waals surface area (Å²) in [5.41, 5.74) is 0. The van der Waals surface area contributed by atoms with Crippen molar-refractivity contribution in [3.8, 4) is 0 Å². The van der Waals surface area contributed by atoms with Crippen LogP contribution in [0.3, 0.4) is 0 Å². The highest BCUT2D eigenvalue weighted by Crippen LogP contribution is 2.45. The molecule has 0 spiro atoms. The molecule has 0 rings (SSSR count). The zero-order valence-electron chi connectivity index (χ0n) is 65.2. The summed E-state index contributed by atoms with van der Waals surface area (Å²) >= 11 is 0. The maximum atomic E-state index is 13.1. The number of hydrogen-bond donors (Lipinski definition) is 3. The molecule has 0 saturated carbocycles. The monoisotopic (exact) mass is 1500 g/mol. The second-order valence-corrected chi connectivity index (χ2v) is 29.5. The van der Waals surface area contributed by atoms with Gasteiger partial charge in [0.1, 0.15) is 19.3 Å². The van der Waals surface area contributed by atoms with Gasteiger partial charge in [0.05, 0.1) is 26.4 Å². The number of aliphatic hydroxyl groups is 1. The fourth-order valence-electron chi connectivity index (χ4n) is 10.4. The molecule has 0 bridgehead atoms. The predicted octanol–water partition coefficient (Wildman–Crippen LogP) is 23.7. The normalized spacial score (nSPS) is 14.6. The SMILES string of the molecule is CC/C=C\C/C=C\C/C=C\C/C=C\C/C=C\C/C=C\CCC(=O)OCC(COP(=O)(O)OCC(O)COP(=O)(O)OCC(COC(=O)CCCCCCCC/C=C\C/C=C\C/C=C\CCCCC)OC(=O)CCCCCCC/C=C\CCCC)OC(=O)CCCCCCC/C=C\CCCCCCCC. The highest BCUT2D eigenvalue weighted by Gasteiger charge is 2.30. The van der Waals surface area contributed by atoms with Gasteiger partial charge < -0.3 is 33.8 Å². The Labute approximate surface area is 631 Å². The lowest BCUT2D eigenvalue weighted by atomic mass is 10.1. The highest BCUT2D eigenvalue weighted by atomic mass is 31.2. The number of carbonyl (C=O) groups excluding carboxylic acids is 4. The largest absolute Gasteiger partial charge is 0.472 e. The molecule has 0 aliphatic rings. The fraction of sp³-hybridized carbons (Fsp3) is 0.694. The molecule has 0 aliphatic carbocycles. The first kappa shape index (κ1) is 99.2. The molecule has 0 radical (unpaired) electrons. The zero-order chi connectivity index (χ0) is 76.0. The second-order valence-electron chi connectivity index (χ2n) is 26.6. The van der Waals surface area contributed by atoms with Crippen LogP contribution in [-0.2, 0) is 65.4 Å². The molecule has 17 nitrogen and oxygen atoms in total. The number of ether oxygens (including phenoxy) is 4. The Bertz CT molecular complexity index is 2490. The summed E-state index contributed by atoms with van der Waals surface area (Å²) in [6.07, 6.45) is 85.9. The van der Waals surface area contributed by atoms with E-state index in [1.54, 1.807) is 0 Å². The average Bonchev–Trinajstić information content (AvgIpc) is 0.929. The number of unbranched alkanes of at least 4 members (excludes halogenated alkanes) is 27. The van der Waals surface area contributed by atoms with Crippen molar-refractivity contribution in [2.45, 2.75) is 341 Å². The number of carbonyl (C=O) groups is 4. The van der Waals surface area contributed by atoms with Gasteiger partial charge in [-0.3, -0.25) is 37.3 Å². The van der Waals surface area contributed by atoms with E-state index in [2.05, 4.69) is 143 Å². The van der Waals surface area contributed by atoms with Crippen LogP contribution in [0.4, 0.5) is 0 Å². The van der Waals surface area contributed by atoms with Crippen molar-refractivity contribution in [2.24, 2.45) is 0 Å². The maximum absolute atomic E-state index is 13.1. The summed E-state index contributed by atoms with van der Waals surface area (Å²) in [4.78, 5) is 73.0. The molecule has 0 aromatic heterocycles. The molecule has 0 fully saturated rings. The molecule has 3 N–H and O–H groups in total. The van der Waals surface area contributed by atoms with E-state index < -0.39 is 97.5 Å². The van der Waals surface area contributed by atoms with Crippen LogP contribution in [0.25, 0.3) is 0 Å². The maximum Gasteiger partial charge on any atom is 0.472 e. The van der Waals surface area contributed by atoms with E-state index in [1.807, 2.05) is 18.2 Å². The van der Waals surface area contributed by atoms with Crippen LogP contribution in [0, 0.1) is 0 Å². The highest BCUT2D eigenvalue weighted by molar-refractivity contribution is 7.47. The van der Waals surface area contributed by atoms with Crippen molar-refractivity contribution in [1.82, 2.24) is 0 Å². The molecule has 0 amide bonds. The van der Waals surface area contributed by atoms with Crippen LogP contribution in [0.5, 0.6) is 0 Å². The van der Waals surface area contributed by atoms with Gasteiger partial charge in [-0.15, -0.1) is 0 Å². The van der Waals surface area contributed by atoms with Gasteiger partial charge in [-0.05, 0) is 148 Å². The van der Waals surface area contributed by atoms with Gasteiger partial charge in [0.25, 0.3) is 0 Å². The Balaban J connectivity index is 5.40. The minimum Gasteiger partial charge on any atom is -0.462 e. The number of aliphatic hydroxyl groups excluding tert-OH is 1.